The van der Waals surface area contributed by atoms with Crippen LogP contribution in [0.5, 0.6) is 0 Å². The highest BCUT2D eigenvalue weighted by atomic mass is 15.1. The molecule has 0 bridgehead atoms. The van der Waals surface area contributed by atoms with Crippen molar-refractivity contribution in [2.45, 2.75) is 25.4 Å². The molecule has 3 nitrogen and oxygen atoms in total. The normalized spacial score (nSPS) is 19.4. The Hall–Kier alpha value is -0.830. The molecule has 1 heterocycles. The van der Waals surface area contributed by atoms with Gasteiger partial charge in [-0.1, -0.05) is 0 Å². The van der Waals surface area contributed by atoms with E-state index in [4.69, 9.17) is 0 Å². The fourth-order valence-corrected chi connectivity index (χ4v) is 1.60. The van der Waals surface area contributed by atoms with Gasteiger partial charge in [-0.05, 0) is 25.8 Å². The van der Waals surface area contributed by atoms with Crippen molar-refractivity contribution >= 4 is 0 Å². The van der Waals surface area contributed by atoms with Gasteiger partial charge in [-0.25, -0.2) is 4.98 Å². The lowest BCUT2D eigenvalue weighted by Gasteiger charge is -2.15. The molecule has 1 atom stereocenters. The first-order chi connectivity index (χ1) is 5.90. The van der Waals surface area contributed by atoms with Crippen molar-refractivity contribution < 1.29 is 0 Å². The van der Waals surface area contributed by atoms with E-state index in [1.54, 1.807) is 0 Å². The molecule has 1 N–H and O–H groups in total. The average Bonchev–Trinajstić information content (AvgIpc) is 2.80. The Labute approximate surface area is 72.8 Å². The quantitative estimate of drug-likeness (QED) is 0.717. The summed E-state index contributed by atoms with van der Waals surface area (Å²) >= 11 is 0. The number of likely N-dealkylation sites (N-methyl/N-ethyl adjacent to an activating group) is 1. The monoisotopic (exact) mass is 165 g/mol. The molecular formula is C9H15N3. The lowest BCUT2D eigenvalue weighted by Crippen LogP contribution is -2.31. The number of hydrogen-bond donors (Lipinski definition) is 1. The fourth-order valence-electron chi connectivity index (χ4n) is 1.60. The van der Waals surface area contributed by atoms with Gasteiger partial charge >= 0.3 is 0 Å². The van der Waals surface area contributed by atoms with Crippen LogP contribution in [0.2, 0.25) is 0 Å². The van der Waals surface area contributed by atoms with Crippen LogP contribution in [0.1, 0.15) is 12.8 Å². The zero-order valence-electron chi connectivity index (χ0n) is 7.40. The van der Waals surface area contributed by atoms with Gasteiger partial charge in [-0.3, -0.25) is 0 Å². The SMILES string of the molecule is CNC(Cn1ccnc1)C1CC1. The van der Waals surface area contributed by atoms with Crippen LogP contribution in [-0.4, -0.2) is 22.6 Å². The Morgan fingerprint density at radius 2 is 2.50 bits per heavy atom. The van der Waals surface area contributed by atoms with E-state index in [0.29, 0.717) is 6.04 Å². The summed E-state index contributed by atoms with van der Waals surface area (Å²) in [4.78, 5) is 4.02. The summed E-state index contributed by atoms with van der Waals surface area (Å²) in [5.74, 6) is 0.900. The molecule has 1 aromatic heterocycles. The minimum absolute atomic E-state index is 0.638. The Morgan fingerprint density at radius 3 is 3.00 bits per heavy atom. The highest BCUT2D eigenvalue weighted by molar-refractivity contribution is 4.87. The van der Waals surface area contributed by atoms with Crippen LogP contribution in [-0.2, 0) is 6.54 Å². The summed E-state index contributed by atoms with van der Waals surface area (Å²) in [6.45, 7) is 1.06. The molecule has 1 aliphatic carbocycles. The molecule has 0 saturated heterocycles. The van der Waals surface area contributed by atoms with E-state index in [2.05, 4.69) is 14.9 Å². The Balaban J connectivity index is 1.91. The Bertz CT molecular complexity index is 226. The van der Waals surface area contributed by atoms with Crippen LogP contribution < -0.4 is 5.32 Å². The van der Waals surface area contributed by atoms with E-state index in [1.165, 1.54) is 12.8 Å². The van der Waals surface area contributed by atoms with E-state index in [9.17, 15) is 0 Å². The van der Waals surface area contributed by atoms with E-state index in [0.717, 1.165) is 12.5 Å². The number of nitrogens with one attached hydrogen (secondary N) is 1. The van der Waals surface area contributed by atoms with Gasteiger partial charge in [0.1, 0.15) is 0 Å². The van der Waals surface area contributed by atoms with E-state index < -0.39 is 0 Å². The predicted molar refractivity (Wildman–Crippen MR) is 47.8 cm³/mol. The summed E-state index contributed by atoms with van der Waals surface area (Å²) in [5.41, 5.74) is 0. The third-order valence-electron chi connectivity index (χ3n) is 2.53. The van der Waals surface area contributed by atoms with Crippen molar-refractivity contribution in [2.75, 3.05) is 7.05 Å². The lowest BCUT2D eigenvalue weighted by molar-refractivity contribution is 0.435. The lowest BCUT2D eigenvalue weighted by atomic mass is 10.2. The first-order valence-electron chi connectivity index (χ1n) is 4.53. The van der Waals surface area contributed by atoms with Crippen molar-refractivity contribution in [3.63, 3.8) is 0 Å². The van der Waals surface area contributed by atoms with Crippen LogP contribution in [0, 0.1) is 5.92 Å². The van der Waals surface area contributed by atoms with Crippen LogP contribution >= 0.6 is 0 Å². The molecule has 1 aromatic rings. The summed E-state index contributed by atoms with van der Waals surface area (Å²) in [5, 5.41) is 3.35. The maximum absolute atomic E-state index is 4.02. The molecule has 0 aliphatic heterocycles. The second kappa shape index (κ2) is 3.27. The second-order valence-corrected chi connectivity index (χ2v) is 3.49. The van der Waals surface area contributed by atoms with E-state index in [1.807, 2.05) is 25.8 Å². The summed E-state index contributed by atoms with van der Waals surface area (Å²) < 4.78 is 2.14. The molecule has 0 spiro atoms. The maximum atomic E-state index is 4.02. The number of aromatic nitrogens is 2. The van der Waals surface area contributed by atoms with E-state index in [-0.39, 0.29) is 0 Å². The Kier molecular flexibility index (Phi) is 2.13. The summed E-state index contributed by atoms with van der Waals surface area (Å²) in [7, 11) is 2.04. The number of imidazole rings is 1. The van der Waals surface area contributed by atoms with Crippen LogP contribution in [0.15, 0.2) is 18.7 Å². The van der Waals surface area contributed by atoms with E-state index >= 15 is 0 Å². The van der Waals surface area contributed by atoms with Crippen LogP contribution in [0.3, 0.4) is 0 Å². The zero-order valence-corrected chi connectivity index (χ0v) is 7.40. The maximum Gasteiger partial charge on any atom is 0.0946 e. The third-order valence-corrected chi connectivity index (χ3v) is 2.53. The molecule has 12 heavy (non-hydrogen) atoms. The van der Waals surface area contributed by atoms with Gasteiger partial charge in [0.2, 0.25) is 0 Å². The summed E-state index contributed by atoms with van der Waals surface area (Å²) in [6.07, 6.45) is 8.51. The molecule has 2 rings (SSSR count). The van der Waals surface area contributed by atoms with Gasteiger partial charge in [0, 0.05) is 25.0 Å². The molecule has 1 fully saturated rings. The predicted octanol–water partition coefficient (Wildman–Crippen LogP) is 0.881. The van der Waals surface area contributed by atoms with Crippen molar-refractivity contribution in [3.8, 4) is 0 Å². The first kappa shape index (κ1) is 7.80. The number of nitrogens with zero attached hydrogens (tertiary/aromatic N) is 2. The molecular weight excluding hydrogens is 150 g/mol. The second-order valence-electron chi connectivity index (χ2n) is 3.49. The van der Waals surface area contributed by atoms with Gasteiger partial charge in [-0.2, -0.15) is 0 Å². The number of rotatable bonds is 4. The molecule has 0 amide bonds. The zero-order chi connectivity index (χ0) is 8.39. The first-order valence-corrected chi connectivity index (χ1v) is 4.53. The van der Waals surface area contributed by atoms with Crippen molar-refractivity contribution in [2.24, 2.45) is 5.92 Å². The van der Waals surface area contributed by atoms with Gasteiger partial charge < -0.3 is 9.88 Å². The molecule has 1 aliphatic rings. The molecule has 66 valence electrons. The van der Waals surface area contributed by atoms with Gasteiger partial charge in [0.05, 0.1) is 6.33 Å². The van der Waals surface area contributed by atoms with Crippen molar-refractivity contribution in [1.29, 1.82) is 0 Å². The van der Waals surface area contributed by atoms with Crippen molar-refractivity contribution in [1.82, 2.24) is 14.9 Å². The molecule has 0 radical (unpaired) electrons. The highest BCUT2D eigenvalue weighted by Crippen LogP contribution is 2.32. The smallest absolute Gasteiger partial charge is 0.0946 e. The standard InChI is InChI=1S/C9H15N3/c1-10-9(8-2-3-8)6-12-5-4-11-7-12/h4-5,7-10H,2-3,6H2,1H3. The molecule has 1 saturated carbocycles. The largest absolute Gasteiger partial charge is 0.336 e. The van der Waals surface area contributed by atoms with Crippen molar-refractivity contribution in [3.05, 3.63) is 18.7 Å². The van der Waals surface area contributed by atoms with Crippen LogP contribution in [0.25, 0.3) is 0 Å². The molecule has 1 unspecified atom stereocenters. The third kappa shape index (κ3) is 1.67. The minimum Gasteiger partial charge on any atom is -0.336 e. The number of hydrogen-bond acceptors (Lipinski definition) is 2. The van der Waals surface area contributed by atoms with Gasteiger partial charge in [-0.15, -0.1) is 0 Å². The van der Waals surface area contributed by atoms with Gasteiger partial charge in [0.15, 0.2) is 0 Å². The topological polar surface area (TPSA) is 29.9 Å². The minimum atomic E-state index is 0.638. The van der Waals surface area contributed by atoms with Gasteiger partial charge in [0.25, 0.3) is 0 Å². The summed E-state index contributed by atoms with van der Waals surface area (Å²) in [6, 6.07) is 0.638. The fraction of sp³-hybridized carbons (Fsp3) is 0.667. The Morgan fingerprint density at radius 1 is 1.67 bits per heavy atom. The molecule has 3 heteroatoms. The average molecular weight is 165 g/mol. The molecule has 0 aromatic carbocycles. The highest BCUT2D eigenvalue weighted by Gasteiger charge is 2.29. The van der Waals surface area contributed by atoms with Crippen LogP contribution in [0.4, 0.5) is 0 Å².